The zero-order chi connectivity index (χ0) is 13.4. The summed E-state index contributed by atoms with van der Waals surface area (Å²) in [5, 5.41) is 17.0. The highest BCUT2D eigenvalue weighted by atomic mass is 16.4. The predicted molar refractivity (Wildman–Crippen MR) is 68.3 cm³/mol. The summed E-state index contributed by atoms with van der Waals surface area (Å²) in [5.41, 5.74) is 1.01. The van der Waals surface area contributed by atoms with Crippen molar-refractivity contribution in [2.24, 2.45) is 13.0 Å². The molecule has 19 heavy (non-hydrogen) atoms. The highest BCUT2D eigenvalue weighted by Crippen LogP contribution is 2.40. The first-order chi connectivity index (χ1) is 9.11. The van der Waals surface area contributed by atoms with Crippen molar-refractivity contribution in [2.45, 2.75) is 50.7 Å². The van der Waals surface area contributed by atoms with E-state index in [0.29, 0.717) is 24.4 Å². The van der Waals surface area contributed by atoms with E-state index in [-0.39, 0.29) is 0 Å². The number of carbonyl (C=O) groups is 1. The van der Waals surface area contributed by atoms with Gasteiger partial charge < -0.3 is 5.11 Å². The molecule has 0 saturated carbocycles. The van der Waals surface area contributed by atoms with Crippen molar-refractivity contribution in [3.05, 3.63) is 11.9 Å². The summed E-state index contributed by atoms with van der Waals surface area (Å²) in [6.45, 7) is 0.850. The molecule has 6 nitrogen and oxygen atoms in total. The summed E-state index contributed by atoms with van der Waals surface area (Å²) in [5.74, 6) is -0.306. The summed E-state index contributed by atoms with van der Waals surface area (Å²) in [6, 6.07) is 1.07. The largest absolute Gasteiger partial charge is 0.481 e. The van der Waals surface area contributed by atoms with Gasteiger partial charge in [-0.15, -0.1) is 5.10 Å². The average molecular weight is 264 g/mol. The van der Waals surface area contributed by atoms with Crippen LogP contribution in [0.3, 0.4) is 0 Å². The smallest absolute Gasteiger partial charge is 0.303 e. The molecule has 0 amide bonds. The number of nitrogens with zero attached hydrogens (tertiary/aromatic N) is 4. The molecule has 2 aliphatic heterocycles. The predicted octanol–water partition coefficient (Wildman–Crippen LogP) is 1.03. The Bertz CT molecular complexity index is 459. The van der Waals surface area contributed by atoms with Gasteiger partial charge >= 0.3 is 5.97 Å². The molecular weight excluding hydrogens is 244 g/mol. The maximum absolute atomic E-state index is 10.8. The number of hydrogen-bond donors (Lipinski definition) is 1. The molecular formula is C13H20N4O2. The lowest BCUT2D eigenvalue weighted by Gasteiger charge is -2.38. The number of aryl methyl sites for hydroxylation is 1. The summed E-state index contributed by atoms with van der Waals surface area (Å²) in [6.07, 6.45) is 6.71. The van der Waals surface area contributed by atoms with Crippen LogP contribution in [0.1, 0.15) is 37.8 Å². The molecule has 2 atom stereocenters. The number of aliphatic carboxylic acids is 1. The second-order valence-corrected chi connectivity index (χ2v) is 5.88. The van der Waals surface area contributed by atoms with Crippen LogP contribution in [0.2, 0.25) is 0 Å². The van der Waals surface area contributed by atoms with Crippen molar-refractivity contribution >= 4 is 5.97 Å². The second kappa shape index (κ2) is 4.92. The van der Waals surface area contributed by atoms with Crippen LogP contribution in [0.25, 0.3) is 0 Å². The third kappa shape index (κ3) is 2.63. The minimum atomic E-state index is -0.660. The van der Waals surface area contributed by atoms with Crippen LogP contribution in [0.5, 0.6) is 0 Å². The van der Waals surface area contributed by atoms with E-state index in [9.17, 15) is 4.79 Å². The van der Waals surface area contributed by atoms with E-state index >= 15 is 0 Å². The number of fused-ring (bicyclic) bond motifs is 2. The normalized spacial score (nSPS) is 30.7. The first-order valence-electron chi connectivity index (χ1n) is 6.94. The number of rotatable bonds is 4. The molecule has 0 aromatic carbocycles. The Hall–Kier alpha value is -1.43. The van der Waals surface area contributed by atoms with Gasteiger partial charge in [0.1, 0.15) is 0 Å². The average Bonchev–Trinajstić information content (AvgIpc) is 2.82. The molecule has 2 unspecified atom stereocenters. The van der Waals surface area contributed by atoms with Crippen LogP contribution in [0, 0.1) is 5.92 Å². The third-order valence-corrected chi connectivity index (χ3v) is 4.44. The number of aromatic nitrogens is 3. The molecule has 2 aliphatic rings. The van der Waals surface area contributed by atoms with Gasteiger partial charge in [-0.25, -0.2) is 0 Å². The topological polar surface area (TPSA) is 71.2 Å². The summed E-state index contributed by atoms with van der Waals surface area (Å²) in [4.78, 5) is 13.3. The SMILES string of the molecule is Cn1cc(CN2C3CCC2CC(CC(=O)O)C3)nn1. The maximum Gasteiger partial charge on any atom is 0.303 e. The second-order valence-electron chi connectivity index (χ2n) is 5.88. The van der Waals surface area contributed by atoms with E-state index in [0.717, 1.165) is 25.1 Å². The van der Waals surface area contributed by atoms with Crippen LogP contribution in [0.15, 0.2) is 6.20 Å². The van der Waals surface area contributed by atoms with Crippen LogP contribution in [0.4, 0.5) is 0 Å². The Morgan fingerprint density at radius 3 is 2.63 bits per heavy atom. The number of hydrogen-bond acceptors (Lipinski definition) is 4. The van der Waals surface area contributed by atoms with E-state index in [1.165, 1.54) is 12.8 Å². The fourth-order valence-electron chi connectivity index (χ4n) is 3.71. The monoisotopic (exact) mass is 264 g/mol. The van der Waals surface area contributed by atoms with Gasteiger partial charge in [-0.05, 0) is 31.6 Å². The lowest BCUT2D eigenvalue weighted by molar-refractivity contribution is -0.138. The molecule has 6 heteroatoms. The maximum atomic E-state index is 10.8. The Kier molecular flexibility index (Phi) is 3.26. The van der Waals surface area contributed by atoms with Crippen molar-refractivity contribution in [2.75, 3.05) is 0 Å². The lowest BCUT2D eigenvalue weighted by Crippen LogP contribution is -2.42. The molecule has 3 rings (SSSR count). The fraction of sp³-hybridized carbons (Fsp3) is 0.769. The zero-order valence-electron chi connectivity index (χ0n) is 11.2. The van der Waals surface area contributed by atoms with Gasteiger partial charge in [0.15, 0.2) is 0 Å². The highest BCUT2D eigenvalue weighted by molar-refractivity contribution is 5.67. The van der Waals surface area contributed by atoms with Gasteiger partial charge in [-0.2, -0.15) is 0 Å². The molecule has 1 N–H and O–H groups in total. The Balaban J connectivity index is 1.64. The molecule has 2 fully saturated rings. The molecule has 1 aromatic rings. The fourth-order valence-corrected chi connectivity index (χ4v) is 3.71. The molecule has 1 aromatic heterocycles. The van der Waals surface area contributed by atoms with Crippen molar-refractivity contribution < 1.29 is 9.90 Å². The Morgan fingerprint density at radius 2 is 2.11 bits per heavy atom. The van der Waals surface area contributed by atoms with Crippen LogP contribution >= 0.6 is 0 Å². The van der Waals surface area contributed by atoms with Gasteiger partial charge in [0.05, 0.1) is 5.69 Å². The minimum absolute atomic E-state index is 0.325. The Labute approximate surface area is 112 Å². The van der Waals surface area contributed by atoms with Crippen LogP contribution in [-0.2, 0) is 18.4 Å². The van der Waals surface area contributed by atoms with Crippen molar-refractivity contribution in [1.82, 2.24) is 19.9 Å². The number of carboxylic acids is 1. The van der Waals surface area contributed by atoms with E-state index in [1.54, 1.807) is 4.68 Å². The van der Waals surface area contributed by atoms with Gasteiger partial charge in [0.2, 0.25) is 0 Å². The minimum Gasteiger partial charge on any atom is -0.481 e. The first-order valence-corrected chi connectivity index (χ1v) is 6.94. The molecule has 0 aliphatic carbocycles. The van der Waals surface area contributed by atoms with E-state index in [2.05, 4.69) is 15.2 Å². The zero-order valence-corrected chi connectivity index (χ0v) is 11.2. The summed E-state index contributed by atoms with van der Waals surface area (Å²) >= 11 is 0. The van der Waals surface area contributed by atoms with Gasteiger partial charge in [0.25, 0.3) is 0 Å². The number of carboxylic acid groups (broad SMARTS) is 1. The van der Waals surface area contributed by atoms with Gasteiger partial charge in [0, 0.05) is 38.3 Å². The molecule has 0 spiro atoms. The van der Waals surface area contributed by atoms with E-state index in [4.69, 9.17) is 5.11 Å². The number of piperidine rings is 1. The molecule has 104 valence electrons. The summed E-state index contributed by atoms with van der Waals surface area (Å²) in [7, 11) is 1.88. The Morgan fingerprint density at radius 1 is 1.42 bits per heavy atom. The molecule has 3 heterocycles. The lowest BCUT2D eigenvalue weighted by atomic mass is 9.88. The van der Waals surface area contributed by atoms with Crippen LogP contribution in [-0.4, -0.2) is 43.1 Å². The van der Waals surface area contributed by atoms with Gasteiger partial charge in [-0.1, -0.05) is 5.21 Å². The van der Waals surface area contributed by atoms with Crippen LogP contribution < -0.4 is 0 Å². The third-order valence-electron chi connectivity index (χ3n) is 4.44. The van der Waals surface area contributed by atoms with E-state index < -0.39 is 5.97 Å². The quantitative estimate of drug-likeness (QED) is 0.879. The van der Waals surface area contributed by atoms with Crippen molar-refractivity contribution in [3.63, 3.8) is 0 Å². The highest BCUT2D eigenvalue weighted by Gasteiger charge is 2.41. The van der Waals surface area contributed by atoms with Gasteiger partial charge in [-0.3, -0.25) is 14.4 Å². The summed E-state index contributed by atoms with van der Waals surface area (Å²) < 4.78 is 1.73. The van der Waals surface area contributed by atoms with Crippen molar-refractivity contribution in [1.29, 1.82) is 0 Å². The molecule has 0 radical (unpaired) electrons. The van der Waals surface area contributed by atoms with E-state index in [1.807, 2.05) is 13.2 Å². The first kappa shape index (κ1) is 12.6. The standard InChI is InChI=1S/C13H20N4O2/c1-16-7-10(14-15-16)8-17-11-2-3-12(17)5-9(4-11)6-13(18)19/h7,9,11-12H,2-6,8H2,1H3,(H,18,19). The molecule has 2 saturated heterocycles. The van der Waals surface area contributed by atoms with Crippen molar-refractivity contribution in [3.8, 4) is 0 Å². The molecule has 2 bridgehead atoms.